The molecular formula is C10H16N2OS. The molecule has 3 nitrogen and oxygen atoms in total. The topological polar surface area (TPSA) is 56.0 Å². The molecule has 0 bridgehead atoms. The van der Waals surface area contributed by atoms with E-state index in [2.05, 4.69) is 11.9 Å². The molecule has 1 aromatic rings. The maximum Gasteiger partial charge on any atom is 0.191 e. The zero-order valence-electron chi connectivity index (χ0n) is 8.67. The Labute approximate surface area is 88.3 Å². The Morgan fingerprint density at radius 3 is 2.79 bits per heavy atom. The van der Waals surface area contributed by atoms with Gasteiger partial charge < -0.3 is 5.73 Å². The van der Waals surface area contributed by atoms with E-state index in [9.17, 15) is 4.79 Å². The van der Waals surface area contributed by atoms with Crippen molar-refractivity contribution in [1.82, 2.24) is 4.98 Å². The molecule has 0 aliphatic carbocycles. The number of aryl methyl sites for hydroxylation is 1. The Kier molecular flexibility index (Phi) is 4.22. The van der Waals surface area contributed by atoms with E-state index in [0.717, 1.165) is 23.4 Å². The summed E-state index contributed by atoms with van der Waals surface area (Å²) in [5.74, 6) is 0.152. The predicted octanol–water partition coefficient (Wildman–Crippen LogP) is 2.28. The van der Waals surface area contributed by atoms with Crippen molar-refractivity contribution in [1.29, 1.82) is 0 Å². The van der Waals surface area contributed by atoms with E-state index >= 15 is 0 Å². The number of unbranched alkanes of at least 4 members (excludes halogenated alkanes) is 1. The van der Waals surface area contributed by atoms with Crippen molar-refractivity contribution in [2.24, 2.45) is 5.73 Å². The summed E-state index contributed by atoms with van der Waals surface area (Å²) >= 11 is 1.43. The van der Waals surface area contributed by atoms with Gasteiger partial charge in [-0.1, -0.05) is 13.3 Å². The SMILES string of the molecule is CCCCC(=O)c1nc(C)c(CN)s1. The minimum absolute atomic E-state index is 0.152. The number of hydrogen-bond acceptors (Lipinski definition) is 4. The standard InChI is InChI=1S/C10H16N2OS/c1-3-4-5-8(13)10-12-7(2)9(6-11)14-10/h3-6,11H2,1-2H3. The summed E-state index contributed by atoms with van der Waals surface area (Å²) in [5, 5.41) is 0.622. The highest BCUT2D eigenvalue weighted by molar-refractivity contribution is 7.13. The van der Waals surface area contributed by atoms with Crippen LogP contribution in [0.1, 0.15) is 46.6 Å². The molecule has 0 unspecified atom stereocenters. The van der Waals surface area contributed by atoms with Gasteiger partial charge in [0.05, 0.1) is 5.69 Å². The van der Waals surface area contributed by atoms with Crippen molar-refractivity contribution >= 4 is 17.1 Å². The second-order valence-corrected chi connectivity index (χ2v) is 4.34. The summed E-state index contributed by atoms with van der Waals surface area (Å²) in [7, 11) is 0. The first kappa shape index (κ1) is 11.3. The van der Waals surface area contributed by atoms with Gasteiger partial charge in [0.1, 0.15) is 0 Å². The number of carbonyl (C=O) groups excluding carboxylic acids is 1. The van der Waals surface area contributed by atoms with Gasteiger partial charge in [-0.15, -0.1) is 11.3 Å². The summed E-state index contributed by atoms with van der Waals surface area (Å²) in [4.78, 5) is 16.8. The van der Waals surface area contributed by atoms with Crippen molar-refractivity contribution in [3.05, 3.63) is 15.6 Å². The van der Waals surface area contributed by atoms with Gasteiger partial charge in [0, 0.05) is 17.8 Å². The molecule has 0 aliphatic heterocycles. The fraction of sp³-hybridized carbons (Fsp3) is 0.600. The van der Waals surface area contributed by atoms with Gasteiger partial charge in [-0.3, -0.25) is 4.79 Å². The van der Waals surface area contributed by atoms with Crippen LogP contribution in [0.2, 0.25) is 0 Å². The van der Waals surface area contributed by atoms with Crippen LogP contribution in [0.3, 0.4) is 0 Å². The second-order valence-electron chi connectivity index (χ2n) is 3.26. The van der Waals surface area contributed by atoms with Crippen LogP contribution in [0, 0.1) is 6.92 Å². The van der Waals surface area contributed by atoms with Gasteiger partial charge in [-0.25, -0.2) is 4.98 Å². The number of ketones is 1. The molecule has 0 saturated heterocycles. The van der Waals surface area contributed by atoms with Crippen LogP contribution in [-0.4, -0.2) is 10.8 Å². The molecular weight excluding hydrogens is 196 g/mol. The van der Waals surface area contributed by atoms with Crippen molar-refractivity contribution in [3.8, 4) is 0 Å². The van der Waals surface area contributed by atoms with E-state index in [1.807, 2.05) is 6.92 Å². The van der Waals surface area contributed by atoms with Gasteiger partial charge in [0.2, 0.25) is 0 Å². The first-order valence-electron chi connectivity index (χ1n) is 4.88. The van der Waals surface area contributed by atoms with Crippen LogP contribution < -0.4 is 5.73 Å². The minimum Gasteiger partial charge on any atom is -0.326 e. The molecule has 0 fully saturated rings. The third kappa shape index (κ3) is 2.62. The number of Topliss-reactive ketones (excluding diaryl/α,β-unsaturated/α-hetero) is 1. The highest BCUT2D eigenvalue weighted by Crippen LogP contribution is 2.19. The lowest BCUT2D eigenvalue weighted by Crippen LogP contribution is -1.97. The third-order valence-corrected chi connectivity index (χ3v) is 3.29. The van der Waals surface area contributed by atoms with Crippen molar-refractivity contribution < 1.29 is 4.79 Å². The number of aromatic nitrogens is 1. The fourth-order valence-electron chi connectivity index (χ4n) is 1.18. The monoisotopic (exact) mass is 212 g/mol. The maximum absolute atomic E-state index is 11.6. The Hall–Kier alpha value is -0.740. The Bertz CT molecular complexity index is 320. The summed E-state index contributed by atoms with van der Waals surface area (Å²) in [5.41, 5.74) is 6.42. The average molecular weight is 212 g/mol. The van der Waals surface area contributed by atoms with Gasteiger partial charge >= 0.3 is 0 Å². The van der Waals surface area contributed by atoms with Crippen LogP contribution in [0.4, 0.5) is 0 Å². The van der Waals surface area contributed by atoms with Crippen molar-refractivity contribution in [2.75, 3.05) is 0 Å². The molecule has 2 N–H and O–H groups in total. The smallest absolute Gasteiger partial charge is 0.191 e. The molecule has 4 heteroatoms. The van der Waals surface area contributed by atoms with Crippen LogP contribution in [0.15, 0.2) is 0 Å². The lowest BCUT2D eigenvalue weighted by molar-refractivity contribution is 0.0979. The number of hydrogen-bond donors (Lipinski definition) is 1. The molecule has 0 atom stereocenters. The quantitative estimate of drug-likeness (QED) is 0.762. The Balaban J connectivity index is 2.70. The lowest BCUT2D eigenvalue weighted by atomic mass is 10.2. The van der Waals surface area contributed by atoms with Gasteiger partial charge in [0.25, 0.3) is 0 Å². The molecule has 1 rings (SSSR count). The highest BCUT2D eigenvalue weighted by Gasteiger charge is 2.12. The van der Waals surface area contributed by atoms with Crippen molar-refractivity contribution in [2.45, 2.75) is 39.7 Å². The average Bonchev–Trinajstić information content (AvgIpc) is 2.56. The Morgan fingerprint density at radius 1 is 1.57 bits per heavy atom. The molecule has 0 aromatic carbocycles. The lowest BCUT2D eigenvalue weighted by Gasteiger charge is -1.93. The van der Waals surface area contributed by atoms with E-state index in [4.69, 9.17) is 5.73 Å². The summed E-state index contributed by atoms with van der Waals surface area (Å²) in [6, 6.07) is 0. The molecule has 78 valence electrons. The number of carbonyl (C=O) groups is 1. The number of rotatable bonds is 5. The fourth-order valence-corrected chi connectivity index (χ4v) is 2.09. The molecule has 0 spiro atoms. The van der Waals surface area contributed by atoms with Gasteiger partial charge in [0.15, 0.2) is 10.8 Å². The van der Waals surface area contributed by atoms with Crippen LogP contribution in [-0.2, 0) is 6.54 Å². The molecule has 0 radical (unpaired) electrons. The van der Waals surface area contributed by atoms with E-state index in [-0.39, 0.29) is 5.78 Å². The van der Waals surface area contributed by atoms with Crippen LogP contribution in [0.25, 0.3) is 0 Å². The zero-order valence-corrected chi connectivity index (χ0v) is 9.49. The normalized spacial score (nSPS) is 10.5. The number of thiazole rings is 1. The first-order valence-corrected chi connectivity index (χ1v) is 5.70. The molecule has 0 saturated carbocycles. The van der Waals surface area contributed by atoms with E-state index in [1.165, 1.54) is 11.3 Å². The summed E-state index contributed by atoms with van der Waals surface area (Å²) < 4.78 is 0. The summed E-state index contributed by atoms with van der Waals surface area (Å²) in [6.45, 7) is 4.45. The van der Waals surface area contributed by atoms with Crippen LogP contribution >= 0.6 is 11.3 Å². The number of nitrogens with two attached hydrogens (primary N) is 1. The molecule has 0 aliphatic rings. The number of nitrogens with zero attached hydrogens (tertiary/aromatic N) is 1. The van der Waals surface area contributed by atoms with Crippen molar-refractivity contribution in [3.63, 3.8) is 0 Å². The van der Waals surface area contributed by atoms with E-state index < -0.39 is 0 Å². The van der Waals surface area contributed by atoms with Gasteiger partial charge in [-0.2, -0.15) is 0 Å². The van der Waals surface area contributed by atoms with E-state index in [0.29, 0.717) is 18.0 Å². The van der Waals surface area contributed by atoms with E-state index in [1.54, 1.807) is 0 Å². The van der Waals surface area contributed by atoms with Gasteiger partial charge in [-0.05, 0) is 13.3 Å². The molecule has 0 amide bonds. The Morgan fingerprint density at radius 2 is 2.29 bits per heavy atom. The minimum atomic E-state index is 0.152. The maximum atomic E-state index is 11.6. The molecule has 1 heterocycles. The molecule has 14 heavy (non-hydrogen) atoms. The second kappa shape index (κ2) is 5.22. The third-order valence-electron chi connectivity index (χ3n) is 2.07. The summed E-state index contributed by atoms with van der Waals surface area (Å²) in [6.07, 6.45) is 2.59. The largest absolute Gasteiger partial charge is 0.326 e. The zero-order chi connectivity index (χ0) is 10.6. The first-order chi connectivity index (χ1) is 6.69. The highest BCUT2D eigenvalue weighted by atomic mass is 32.1. The van der Waals surface area contributed by atoms with Crippen LogP contribution in [0.5, 0.6) is 0 Å². The predicted molar refractivity (Wildman–Crippen MR) is 58.6 cm³/mol. The molecule has 1 aromatic heterocycles.